The maximum Gasteiger partial charge on any atom is 0.252 e. The van der Waals surface area contributed by atoms with Gasteiger partial charge in [0.25, 0.3) is 5.88 Å². The van der Waals surface area contributed by atoms with Crippen LogP contribution < -0.4 is 14.8 Å². The molecule has 3 aromatic rings. The molecule has 0 unspecified atom stereocenters. The minimum absolute atomic E-state index is 0.0998. The van der Waals surface area contributed by atoms with Gasteiger partial charge in [-0.1, -0.05) is 41.6 Å². The number of carbonyl (C=O) groups excluding carboxylic acids is 1. The van der Waals surface area contributed by atoms with E-state index >= 15 is 0 Å². The number of benzene rings is 2. The van der Waals surface area contributed by atoms with E-state index in [1.54, 1.807) is 19.5 Å². The number of rotatable bonds is 8. The van der Waals surface area contributed by atoms with Gasteiger partial charge in [0, 0.05) is 12.4 Å². The van der Waals surface area contributed by atoms with E-state index < -0.39 is 0 Å². The van der Waals surface area contributed by atoms with Crippen molar-refractivity contribution < 1.29 is 14.3 Å². The zero-order valence-corrected chi connectivity index (χ0v) is 17.4. The first-order valence-electron chi connectivity index (χ1n) is 9.17. The number of nitrogens with zero attached hydrogens (tertiary/aromatic N) is 2. The van der Waals surface area contributed by atoms with Gasteiger partial charge in [-0.05, 0) is 43.7 Å². The number of aryl methyl sites for hydroxylation is 1. The van der Waals surface area contributed by atoms with Gasteiger partial charge in [0.15, 0.2) is 5.03 Å². The molecular formula is C22H23N3O3S. The third-order valence-electron chi connectivity index (χ3n) is 4.18. The second-order valence-corrected chi connectivity index (χ2v) is 7.40. The fourth-order valence-electron chi connectivity index (χ4n) is 2.61. The van der Waals surface area contributed by atoms with E-state index in [2.05, 4.69) is 15.3 Å². The summed E-state index contributed by atoms with van der Waals surface area (Å²) in [6.07, 6.45) is 3.15. The molecule has 1 amide bonds. The Balaban J connectivity index is 1.59. The molecule has 2 aromatic carbocycles. The molecule has 1 atom stereocenters. The molecule has 150 valence electrons. The summed E-state index contributed by atoms with van der Waals surface area (Å²) in [4.78, 5) is 21.0. The number of hydrogen-bond donors (Lipinski definition) is 1. The Morgan fingerprint density at radius 1 is 1.10 bits per heavy atom. The Kier molecular flexibility index (Phi) is 7.08. The molecule has 1 heterocycles. The molecule has 7 heteroatoms. The molecule has 0 aliphatic heterocycles. The van der Waals surface area contributed by atoms with Crippen molar-refractivity contribution in [2.24, 2.45) is 0 Å². The largest absolute Gasteiger partial charge is 0.497 e. The second-order valence-electron chi connectivity index (χ2n) is 6.44. The van der Waals surface area contributed by atoms with Crippen LogP contribution in [0.2, 0.25) is 0 Å². The van der Waals surface area contributed by atoms with Gasteiger partial charge in [-0.2, -0.15) is 0 Å². The fourth-order valence-corrected chi connectivity index (χ4v) is 3.32. The Morgan fingerprint density at radius 3 is 2.62 bits per heavy atom. The number of carbonyl (C=O) groups is 1. The molecule has 0 fully saturated rings. The molecule has 29 heavy (non-hydrogen) atoms. The highest BCUT2D eigenvalue weighted by Crippen LogP contribution is 2.29. The van der Waals surface area contributed by atoms with Gasteiger partial charge in [0.1, 0.15) is 11.5 Å². The van der Waals surface area contributed by atoms with Crippen molar-refractivity contribution in [2.75, 3.05) is 12.9 Å². The minimum atomic E-state index is -0.136. The fraction of sp³-hybridized carbons (Fsp3) is 0.227. The molecule has 1 aromatic heterocycles. The van der Waals surface area contributed by atoms with Gasteiger partial charge in [0.2, 0.25) is 5.91 Å². The van der Waals surface area contributed by atoms with Crippen LogP contribution in [0.15, 0.2) is 66.0 Å². The van der Waals surface area contributed by atoms with E-state index in [0.29, 0.717) is 16.7 Å². The number of nitrogens with one attached hydrogen (secondary N) is 1. The predicted octanol–water partition coefficient (Wildman–Crippen LogP) is 4.56. The van der Waals surface area contributed by atoms with E-state index in [1.165, 1.54) is 11.8 Å². The van der Waals surface area contributed by atoms with Crippen molar-refractivity contribution in [2.45, 2.75) is 24.9 Å². The number of ether oxygens (including phenoxy) is 2. The first-order chi connectivity index (χ1) is 14.0. The Labute approximate surface area is 174 Å². The Morgan fingerprint density at radius 2 is 1.86 bits per heavy atom. The Hall–Kier alpha value is -3.06. The standard InChI is InChI=1S/C22H23N3O3S/c1-15-7-9-18(10-8-15)28-21-22(24-12-11-23-21)29-14-20(26)25-16(2)17-5-4-6-19(13-17)27-3/h4-13,16H,14H2,1-3H3,(H,25,26)/t16-/m0/s1. The normalized spacial score (nSPS) is 11.6. The van der Waals surface area contributed by atoms with Crippen LogP contribution in [0, 0.1) is 6.92 Å². The highest BCUT2D eigenvalue weighted by Gasteiger charge is 2.14. The van der Waals surface area contributed by atoms with Crippen molar-refractivity contribution in [1.82, 2.24) is 15.3 Å². The first kappa shape index (κ1) is 20.7. The molecular weight excluding hydrogens is 386 g/mol. The third kappa shape index (κ3) is 5.96. The van der Waals surface area contributed by atoms with E-state index in [1.807, 2.05) is 62.4 Å². The molecule has 0 aliphatic carbocycles. The molecule has 0 saturated carbocycles. The second kappa shape index (κ2) is 9.93. The summed E-state index contributed by atoms with van der Waals surface area (Å²) in [6.45, 7) is 3.95. The van der Waals surface area contributed by atoms with Gasteiger partial charge in [-0.3, -0.25) is 4.79 Å². The zero-order valence-electron chi connectivity index (χ0n) is 16.6. The van der Waals surface area contributed by atoms with Crippen LogP contribution in [-0.4, -0.2) is 28.7 Å². The molecule has 0 bridgehead atoms. The van der Waals surface area contributed by atoms with Gasteiger partial charge < -0.3 is 14.8 Å². The van der Waals surface area contributed by atoms with Crippen LogP contribution in [0.25, 0.3) is 0 Å². The number of amides is 1. The van der Waals surface area contributed by atoms with Crippen LogP contribution in [-0.2, 0) is 4.79 Å². The number of thioether (sulfide) groups is 1. The van der Waals surface area contributed by atoms with Crippen LogP contribution in [0.1, 0.15) is 24.1 Å². The van der Waals surface area contributed by atoms with Crippen LogP contribution >= 0.6 is 11.8 Å². The van der Waals surface area contributed by atoms with E-state index in [4.69, 9.17) is 9.47 Å². The molecule has 0 aliphatic rings. The monoisotopic (exact) mass is 409 g/mol. The summed E-state index contributed by atoms with van der Waals surface area (Å²) in [5.74, 6) is 1.92. The summed E-state index contributed by atoms with van der Waals surface area (Å²) in [5, 5.41) is 3.56. The van der Waals surface area contributed by atoms with Crippen molar-refractivity contribution in [3.8, 4) is 17.4 Å². The van der Waals surface area contributed by atoms with Crippen molar-refractivity contribution >= 4 is 17.7 Å². The summed E-state index contributed by atoms with van der Waals surface area (Å²) in [6, 6.07) is 15.2. The van der Waals surface area contributed by atoms with Crippen molar-refractivity contribution in [1.29, 1.82) is 0 Å². The van der Waals surface area contributed by atoms with Crippen LogP contribution in [0.3, 0.4) is 0 Å². The average Bonchev–Trinajstić information content (AvgIpc) is 2.74. The average molecular weight is 410 g/mol. The third-order valence-corrected chi connectivity index (χ3v) is 5.14. The Bertz CT molecular complexity index is 964. The minimum Gasteiger partial charge on any atom is -0.497 e. The van der Waals surface area contributed by atoms with E-state index in [0.717, 1.165) is 16.9 Å². The molecule has 0 spiro atoms. The molecule has 0 saturated heterocycles. The first-order valence-corrected chi connectivity index (χ1v) is 10.2. The van der Waals surface area contributed by atoms with E-state index in [-0.39, 0.29) is 17.7 Å². The summed E-state index contributed by atoms with van der Waals surface area (Å²) in [7, 11) is 1.62. The zero-order chi connectivity index (χ0) is 20.6. The van der Waals surface area contributed by atoms with Gasteiger partial charge in [-0.15, -0.1) is 0 Å². The molecule has 1 N–H and O–H groups in total. The smallest absolute Gasteiger partial charge is 0.252 e. The SMILES string of the molecule is COc1cccc([C@H](C)NC(=O)CSc2nccnc2Oc2ccc(C)cc2)c1. The topological polar surface area (TPSA) is 73.3 Å². The highest BCUT2D eigenvalue weighted by molar-refractivity contribution is 8.00. The summed E-state index contributed by atoms with van der Waals surface area (Å²) >= 11 is 1.29. The molecule has 3 rings (SSSR count). The van der Waals surface area contributed by atoms with Gasteiger partial charge in [0.05, 0.1) is 18.9 Å². The van der Waals surface area contributed by atoms with Gasteiger partial charge >= 0.3 is 0 Å². The van der Waals surface area contributed by atoms with Crippen molar-refractivity contribution in [3.05, 3.63) is 72.1 Å². The van der Waals surface area contributed by atoms with Gasteiger partial charge in [-0.25, -0.2) is 9.97 Å². The summed E-state index contributed by atoms with van der Waals surface area (Å²) in [5.41, 5.74) is 2.12. The lowest BCUT2D eigenvalue weighted by molar-refractivity contribution is -0.119. The lowest BCUT2D eigenvalue weighted by atomic mass is 10.1. The maximum absolute atomic E-state index is 12.4. The molecule has 6 nitrogen and oxygen atoms in total. The number of aromatic nitrogens is 2. The lowest BCUT2D eigenvalue weighted by Crippen LogP contribution is -2.28. The highest BCUT2D eigenvalue weighted by atomic mass is 32.2. The number of hydrogen-bond acceptors (Lipinski definition) is 6. The maximum atomic E-state index is 12.4. The number of methoxy groups -OCH3 is 1. The van der Waals surface area contributed by atoms with Crippen LogP contribution in [0.4, 0.5) is 0 Å². The summed E-state index contributed by atoms with van der Waals surface area (Å²) < 4.78 is 11.1. The molecule has 0 radical (unpaired) electrons. The van der Waals surface area contributed by atoms with Crippen LogP contribution in [0.5, 0.6) is 17.4 Å². The lowest BCUT2D eigenvalue weighted by Gasteiger charge is -2.15. The predicted molar refractivity (Wildman–Crippen MR) is 114 cm³/mol. The quantitative estimate of drug-likeness (QED) is 0.550. The van der Waals surface area contributed by atoms with Crippen molar-refractivity contribution in [3.63, 3.8) is 0 Å². The van der Waals surface area contributed by atoms with E-state index in [9.17, 15) is 4.79 Å².